The molecule has 0 aliphatic heterocycles. The monoisotopic (exact) mass is 545 g/mol. The third kappa shape index (κ3) is 6.63. The Bertz CT molecular complexity index is 1250. The zero-order valence-electron chi connectivity index (χ0n) is 20.5. The molecule has 0 spiro atoms. The number of esters is 1. The molecular weight excluding hydrogens is 518 g/mol. The molecule has 0 bridgehead atoms. The molecule has 186 valence electrons. The smallest absolute Gasteiger partial charge is 0.443 e. The molecule has 3 rings (SSSR count). The van der Waals surface area contributed by atoms with Gasteiger partial charge in [0.25, 0.3) is 0 Å². The summed E-state index contributed by atoms with van der Waals surface area (Å²) in [6, 6.07) is 11.7. The first kappa shape index (κ1) is 26.3. The summed E-state index contributed by atoms with van der Waals surface area (Å²) in [5.74, 6) is -0.474. The molecule has 0 aliphatic rings. The van der Waals surface area contributed by atoms with Crippen LogP contribution in [0.15, 0.2) is 48.7 Å². The second-order valence-electron chi connectivity index (χ2n) is 9.74. The normalized spacial score (nSPS) is 11.7. The number of hydrogen-bond donors (Lipinski definition) is 0. The number of rotatable bonds is 4. The molecule has 0 N–H and O–H groups in total. The van der Waals surface area contributed by atoms with E-state index in [1.165, 1.54) is 10.8 Å². The molecule has 9 heteroatoms. The molecule has 0 fully saturated rings. The second-order valence-corrected chi connectivity index (χ2v) is 10.3. The maximum absolute atomic E-state index is 13.3. The molecule has 8 nitrogen and oxygen atoms in total. The molecular formula is C26H28BrNO7. The van der Waals surface area contributed by atoms with E-state index in [0.29, 0.717) is 22.2 Å². The van der Waals surface area contributed by atoms with Gasteiger partial charge in [-0.05, 0) is 71.4 Å². The van der Waals surface area contributed by atoms with E-state index >= 15 is 0 Å². The van der Waals surface area contributed by atoms with E-state index in [1.54, 1.807) is 84.0 Å². The van der Waals surface area contributed by atoms with Gasteiger partial charge in [0.1, 0.15) is 22.5 Å². The van der Waals surface area contributed by atoms with Crippen molar-refractivity contribution in [3.05, 3.63) is 59.8 Å². The zero-order valence-corrected chi connectivity index (χ0v) is 22.1. The van der Waals surface area contributed by atoms with Gasteiger partial charge in [0, 0.05) is 16.9 Å². The first-order chi connectivity index (χ1) is 16.3. The number of ether oxygens (including phenoxy) is 4. The van der Waals surface area contributed by atoms with Gasteiger partial charge in [0.05, 0.1) is 5.52 Å². The van der Waals surface area contributed by atoms with Crippen LogP contribution in [0.4, 0.5) is 9.59 Å². The van der Waals surface area contributed by atoms with Crippen LogP contribution in [-0.4, -0.2) is 34.0 Å². The predicted molar refractivity (Wildman–Crippen MR) is 134 cm³/mol. The number of alkyl halides is 1. The van der Waals surface area contributed by atoms with Crippen molar-refractivity contribution in [1.29, 1.82) is 0 Å². The van der Waals surface area contributed by atoms with Crippen molar-refractivity contribution in [2.45, 2.75) is 58.1 Å². The molecule has 2 aromatic carbocycles. The van der Waals surface area contributed by atoms with Crippen molar-refractivity contribution in [3.8, 4) is 11.5 Å². The van der Waals surface area contributed by atoms with Gasteiger partial charge in [0.2, 0.25) is 0 Å². The van der Waals surface area contributed by atoms with E-state index in [4.69, 9.17) is 18.9 Å². The van der Waals surface area contributed by atoms with Gasteiger partial charge in [-0.1, -0.05) is 34.1 Å². The third-order valence-corrected chi connectivity index (χ3v) is 5.10. The summed E-state index contributed by atoms with van der Waals surface area (Å²) in [6.45, 7) is 10.4. The molecule has 3 aromatic rings. The summed E-state index contributed by atoms with van der Waals surface area (Å²) in [5, 5.41) is 0.554. The van der Waals surface area contributed by atoms with Gasteiger partial charge >= 0.3 is 18.2 Å². The van der Waals surface area contributed by atoms with Gasteiger partial charge in [-0.3, -0.25) is 4.57 Å². The lowest BCUT2D eigenvalue weighted by Crippen LogP contribution is -2.27. The van der Waals surface area contributed by atoms with Gasteiger partial charge < -0.3 is 18.9 Å². The quantitative estimate of drug-likeness (QED) is 0.153. The summed E-state index contributed by atoms with van der Waals surface area (Å²) in [4.78, 5) is 38.7. The molecule has 1 aromatic heterocycles. The minimum Gasteiger partial charge on any atom is -0.443 e. The first-order valence-electron chi connectivity index (χ1n) is 10.9. The summed E-state index contributed by atoms with van der Waals surface area (Å²) >= 11 is 3.39. The Hall–Kier alpha value is -3.33. The standard InChI is InChI=1S/C26H28BrNO7/c1-25(2,3)34-23(30)28-13-12-18-19(28)14-16(15-27)20(21(18)33-24(31)35-26(4,5)6)22(29)32-17-10-8-7-9-11-17/h7-14H,15H2,1-6H3. The van der Waals surface area contributed by atoms with E-state index < -0.39 is 29.4 Å². The highest BCUT2D eigenvalue weighted by Gasteiger charge is 2.29. The highest BCUT2D eigenvalue weighted by molar-refractivity contribution is 9.08. The van der Waals surface area contributed by atoms with Crippen molar-refractivity contribution >= 4 is 45.1 Å². The van der Waals surface area contributed by atoms with Crippen molar-refractivity contribution in [2.75, 3.05) is 0 Å². The molecule has 0 aliphatic carbocycles. The average molecular weight is 546 g/mol. The Morgan fingerprint density at radius 1 is 0.886 bits per heavy atom. The minimum atomic E-state index is -0.996. The van der Waals surface area contributed by atoms with E-state index in [1.807, 2.05) is 0 Å². The van der Waals surface area contributed by atoms with Crippen LogP contribution < -0.4 is 9.47 Å². The SMILES string of the molecule is CC(C)(C)OC(=O)Oc1c(C(=O)Oc2ccccc2)c(CBr)cc2c1ccn2C(=O)OC(C)(C)C. The predicted octanol–water partition coefficient (Wildman–Crippen LogP) is 6.85. The minimum absolute atomic E-state index is 0.0334. The lowest BCUT2D eigenvalue weighted by molar-refractivity contribution is 0.0207. The van der Waals surface area contributed by atoms with Crippen molar-refractivity contribution in [2.24, 2.45) is 0 Å². The molecule has 0 radical (unpaired) electrons. The lowest BCUT2D eigenvalue weighted by Gasteiger charge is -2.21. The molecule has 0 saturated heterocycles. The molecule has 0 amide bonds. The van der Waals surface area contributed by atoms with Crippen LogP contribution in [0.3, 0.4) is 0 Å². The number of carbonyl (C=O) groups is 3. The highest BCUT2D eigenvalue weighted by Crippen LogP contribution is 2.36. The number of para-hydroxylation sites is 1. The van der Waals surface area contributed by atoms with Crippen LogP contribution in [0.2, 0.25) is 0 Å². The topological polar surface area (TPSA) is 93.1 Å². The van der Waals surface area contributed by atoms with Crippen LogP contribution >= 0.6 is 15.9 Å². The summed E-state index contributed by atoms with van der Waals surface area (Å²) in [6.07, 6.45) is -0.120. The number of carbonyl (C=O) groups excluding carboxylic acids is 3. The van der Waals surface area contributed by atoms with Crippen LogP contribution in [0, 0.1) is 0 Å². The number of nitrogens with zero attached hydrogens (tertiary/aromatic N) is 1. The Morgan fingerprint density at radius 2 is 1.51 bits per heavy atom. The number of fused-ring (bicyclic) bond motifs is 1. The zero-order chi connectivity index (χ0) is 26.0. The van der Waals surface area contributed by atoms with Gasteiger partial charge in [-0.15, -0.1) is 0 Å². The van der Waals surface area contributed by atoms with Crippen molar-refractivity contribution in [1.82, 2.24) is 4.57 Å². The van der Waals surface area contributed by atoms with E-state index in [0.717, 1.165) is 0 Å². The second kappa shape index (κ2) is 10.1. The van der Waals surface area contributed by atoms with Crippen molar-refractivity contribution < 1.29 is 33.3 Å². The largest absolute Gasteiger partial charge is 0.514 e. The van der Waals surface area contributed by atoms with E-state index in [2.05, 4.69) is 15.9 Å². The van der Waals surface area contributed by atoms with Crippen LogP contribution in [0.1, 0.15) is 57.5 Å². The van der Waals surface area contributed by atoms with Crippen LogP contribution in [0.5, 0.6) is 11.5 Å². The maximum Gasteiger partial charge on any atom is 0.514 e. The number of hydrogen-bond acceptors (Lipinski definition) is 7. The summed E-state index contributed by atoms with van der Waals surface area (Å²) in [7, 11) is 0. The van der Waals surface area contributed by atoms with Crippen LogP contribution in [0.25, 0.3) is 10.9 Å². The first-order valence-corrected chi connectivity index (χ1v) is 12.1. The summed E-state index contributed by atoms with van der Waals surface area (Å²) < 4.78 is 23.2. The fourth-order valence-electron chi connectivity index (χ4n) is 3.21. The van der Waals surface area contributed by atoms with Gasteiger partial charge in [-0.25, -0.2) is 14.4 Å². The van der Waals surface area contributed by atoms with E-state index in [9.17, 15) is 14.4 Å². The molecule has 0 atom stereocenters. The molecule has 35 heavy (non-hydrogen) atoms. The van der Waals surface area contributed by atoms with Gasteiger partial charge in [0.15, 0.2) is 5.75 Å². The third-order valence-electron chi connectivity index (χ3n) is 4.50. The number of benzene rings is 2. The Kier molecular flexibility index (Phi) is 7.59. The Labute approximate surface area is 212 Å². The fourth-order valence-corrected chi connectivity index (χ4v) is 3.65. The summed E-state index contributed by atoms with van der Waals surface area (Å²) in [5.41, 5.74) is -0.674. The Balaban J connectivity index is 2.17. The maximum atomic E-state index is 13.3. The number of halogens is 1. The fraction of sp³-hybridized carbons (Fsp3) is 0.346. The average Bonchev–Trinajstić information content (AvgIpc) is 3.15. The molecule has 0 saturated carbocycles. The lowest BCUT2D eigenvalue weighted by atomic mass is 10.0. The van der Waals surface area contributed by atoms with Crippen LogP contribution in [-0.2, 0) is 14.8 Å². The molecule has 0 unspecified atom stereocenters. The Morgan fingerprint density at radius 3 is 2.09 bits per heavy atom. The van der Waals surface area contributed by atoms with Gasteiger partial charge in [-0.2, -0.15) is 0 Å². The van der Waals surface area contributed by atoms with E-state index in [-0.39, 0.29) is 16.6 Å². The highest BCUT2D eigenvalue weighted by atomic mass is 79.9. The molecule has 1 heterocycles. The number of aromatic nitrogens is 1. The van der Waals surface area contributed by atoms with Crippen molar-refractivity contribution in [3.63, 3.8) is 0 Å².